The largest absolute Gasteiger partial charge is 0.366 e. The molecule has 2 aromatic heterocycles. The summed E-state index contributed by atoms with van der Waals surface area (Å²) in [7, 11) is 0. The van der Waals surface area contributed by atoms with Gasteiger partial charge in [0.2, 0.25) is 5.91 Å². The number of H-pyrrole nitrogens is 1. The molecule has 1 atom stereocenters. The van der Waals surface area contributed by atoms with Crippen LogP contribution in [0.2, 0.25) is 0 Å². The number of rotatable bonds is 4. The van der Waals surface area contributed by atoms with E-state index in [0.717, 1.165) is 11.4 Å². The minimum atomic E-state index is -0.255. The van der Waals surface area contributed by atoms with Gasteiger partial charge in [0.15, 0.2) is 5.82 Å². The minimum Gasteiger partial charge on any atom is -0.366 e. The van der Waals surface area contributed by atoms with Crippen LogP contribution < -0.4 is 0 Å². The third-order valence-electron chi connectivity index (χ3n) is 3.64. The third kappa shape index (κ3) is 3.33. The lowest BCUT2D eigenvalue weighted by molar-refractivity contribution is -0.139. The fourth-order valence-corrected chi connectivity index (χ4v) is 2.49. The summed E-state index contributed by atoms with van der Waals surface area (Å²) in [5.74, 6) is 1.46. The normalized spacial score (nSPS) is 18.6. The number of aromatic amines is 1. The van der Waals surface area contributed by atoms with Crippen molar-refractivity contribution >= 4 is 5.91 Å². The molecule has 0 aromatic carbocycles. The van der Waals surface area contributed by atoms with E-state index in [0.29, 0.717) is 38.5 Å². The Kier molecular flexibility index (Phi) is 4.19. The van der Waals surface area contributed by atoms with Crippen molar-refractivity contribution in [1.82, 2.24) is 29.9 Å². The molecule has 22 heavy (non-hydrogen) atoms. The number of ether oxygens (including phenoxy) is 1. The van der Waals surface area contributed by atoms with Gasteiger partial charge in [0.05, 0.1) is 19.3 Å². The van der Waals surface area contributed by atoms with Crippen LogP contribution in [0.1, 0.15) is 29.7 Å². The fourth-order valence-electron chi connectivity index (χ4n) is 2.49. The number of carbonyl (C=O) groups excluding carboxylic acids is 1. The Morgan fingerprint density at radius 1 is 1.50 bits per heavy atom. The molecule has 118 valence electrons. The van der Waals surface area contributed by atoms with Crippen molar-refractivity contribution in [2.75, 3.05) is 19.7 Å². The molecule has 0 spiro atoms. The van der Waals surface area contributed by atoms with E-state index >= 15 is 0 Å². The van der Waals surface area contributed by atoms with E-state index in [4.69, 9.17) is 4.74 Å². The minimum absolute atomic E-state index is 0.105. The highest BCUT2D eigenvalue weighted by Crippen LogP contribution is 2.19. The molecule has 1 aliphatic heterocycles. The predicted molar refractivity (Wildman–Crippen MR) is 78.0 cm³/mol. The molecular formula is C14H20N6O2. The second kappa shape index (κ2) is 6.27. The van der Waals surface area contributed by atoms with Crippen molar-refractivity contribution in [3.63, 3.8) is 0 Å². The zero-order valence-electron chi connectivity index (χ0n) is 12.8. The van der Waals surface area contributed by atoms with Gasteiger partial charge in [-0.05, 0) is 19.4 Å². The summed E-state index contributed by atoms with van der Waals surface area (Å²) in [6, 6.07) is 0. The number of aromatic nitrogens is 5. The molecule has 3 heterocycles. The molecule has 8 nitrogen and oxygen atoms in total. The first-order valence-corrected chi connectivity index (χ1v) is 7.39. The number of amides is 1. The molecule has 1 fully saturated rings. The Morgan fingerprint density at radius 3 is 3.05 bits per heavy atom. The molecule has 0 saturated carbocycles. The Labute approximate surface area is 128 Å². The highest BCUT2D eigenvalue weighted by molar-refractivity contribution is 5.76. The van der Waals surface area contributed by atoms with Crippen LogP contribution in [-0.4, -0.2) is 55.5 Å². The number of morpholine rings is 1. The molecule has 1 amide bonds. The van der Waals surface area contributed by atoms with Crippen LogP contribution in [0.3, 0.4) is 0 Å². The van der Waals surface area contributed by atoms with E-state index < -0.39 is 0 Å². The number of nitrogens with one attached hydrogen (secondary N) is 1. The van der Waals surface area contributed by atoms with Crippen LogP contribution in [0.4, 0.5) is 0 Å². The summed E-state index contributed by atoms with van der Waals surface area (Å²) in [5, 5.41) is 11.1. The van der Waals surface area contributed by atoms with Gasteiger partial charge in [-0.1, -0.05) is 0 Å². The van der Waals surface area contributed by atoms with Crippen LogP contribution >= 0.6 is 0 Å². The third-order valence-corrected chi connectivity index (χ3v) is 3.64. The SMILES string of the molecule is Cc1cnn(CCC(=O)N2CCO[C@@H](c3n[nH]c(C)n3)C2)c1. The maximum atomic E-state index is 12.3. The van der Waals surface area contributed by atoms with Gasteiger partial charge < -0.3 is 9.64 Å². The summed E-state index contributed by atoms with van der Waals surface area (Å²) < 4.78 is 7.46. The van der Waals surface area contributed by atoms with E-state index in [1.807, 2.05) is 24.9 Å². The van der Waals surface area contributed by atoms with Crippen molar-refractivity contribution in [1.29, 1.82) is 0 Å². The topological polar surface area (TPSA) is 88.9 Å². The second-order valence-electron chi connectivity index (χ2n) is 5.51. The predicted octanol–water partition coefficient (Wildman–Crippen LogP) is 0.608. The first-order chi connectivity index (χ1) is 10.6. The van der Waals surface area contributed by atoms with Gasteiger partial charge in [0.25, 0.3) is 0 Å². The molecule has 0 unspecified atom stereocenters. The molecule has 3 rings (SSSR count). The summed E-state index contributed by atoms with van der Waals surface area (Å²) in [5.41, 5.74) is 1.10. The molecule has 1 saturated heterocycles. The lowest BCUT2D eigenvalue weighted by Crippen LogP contribution is -2.42. The highest BCUT2D eigenvalue weighted by Gasteiger charge is 2.27. The van der Waals surface area contributed by atoms with Gasteiger partial charge in [-0.25, -0.2) is 4.98 Å². The monoisotopic (exact) mass is 304 g/mol. The van der Waals surface area contributed by atoms with E-state index in [1.54, 1.807) is 10.9 Å². The standard InChI is InChI=1S/C14H20N6O2/c1-10-7-15-20(8-10)4-3-13(21)19-5-6-22-12(9-19)14-16-11(2)17-18-14/h7-8,12H,3-6,9H2,1-2H3,(H,16,17,18)/t12-/m1/s1. The Balaban J connectivity index is 1.55. The zero-order valence-corrected chi connectivity index (χ0v) is 12.8. The molecule has 1 aliphatic rings. The van der Waals surface area contributed by atoms with Gasteiger partial charge in [-0.2, -0.15) is 10.2 Å². The average Bonchev–Trinajstić information content (AvgIpc) is 3.13. The fraction of sp³-hybridized carbons (Fsp3) is 0.571. The van der Waals surface area contributed by atoms with Crippen LogP contribution in [0, 0.1) is 13.8 Å². The number of nitrogens with zero attached hydrogens (tertiary/aromatic N) is 5. The van der Waals surface area contributed by atoms with E-state index in [9.17, 15) is 4.79 Å². The van der Waals surface area contributed by atoms with Crippen molar-refractivity contribution in [3.8, 4) is 0 Å². The molecule has 1 N–H and O–H groups in total. The summed E-state index contributed by atoms with van der Waals surface area (Å²) in [6.45, 7) is 6.02. The number of aryl methyl sites for hydroxylation is 3. The first kappa shape index (κ1) is 14.7. The summed E-state index contributed by atoms with van der Waals surface area (Å²) in [6.07, 6.45) is 3.91. The van der Waals surface area contributed by atoms with Gasteiger partial charge in [-0.15, -0.1) is 0 Å². The molecule has 8 heteroatoms. The Hall–Kier alpha value is -2.22. The quantitative estimate of drug-likeness (QED) is 0.894. The van der Waals surface area contributed by atoms with Crippen molar-refractivity contribution in [3.05, 3.63) is 29.6 Å². The van der Waals surface area contributed by atoms with Crippen LogP contribution in [0.25, 0.3) is 0 Å². The second-order valence-corrected chi connectivity index (χ2v) is 5.51. The van der Waals surface area contributed by atoms with Crippen LogP contribution in [0.15, 0.2) is 12.4 Å². The van der Waals surface area contributed by atoms with E-state index in [-0.39, 0.29) is 12.0 Å². The average molecular weight is 304 g/mol. The molecule has 0 radical (unpaired) electrons. The lowest BCUT2D eigenvalue weighted by Gasteiger charge is -2.31. The van der Waals surface area contributed by atoms with Crippen molar-refractivity contribution in [2.24, 2.45) is 0 Å². The van der Waals surface area contributed by atoms with E-state index in [2.05, 4.69) is 20.3 Å². The van der Waals surface area contributed by atoms with Crippen LogP contribution in [0.5, 0.6) is 0 Å². The van der Waals surface area contributed by atoms with Gasteiger partial charge in [0.1, 0.15) is 11.9 Å². The number of hydrogen-bond donors (Lipinski definition) is 1. The van der Waals surface area contributed by atoms with Gasteiger partial charge in [0, 0.05) is 25.7 Å². The highest BCUT2D eigenvalue weighted by atomic mass is 16.5. The zero-order chi connectivity index (χ0) is 15.5. The van der Waals surface area contributed by atoms with Crippen LogP contribution in [-0.2, 0) is 16.1 Å². The lowest BCUT2D eigenvalue weighted by atomic mass is 10.2. The number of carbonyl (C=O) groups is 1. The number of hydrogen-bond acceptors (Lipinski definition) is 5. The van der Waals surface area contributed by atoms with Crippen molar-refractivity contribution < 1.29 is 9.53 Å². The smallest absolute Gasteiger partial charge is 0.224 e. The maximum Gasteiger partial charge on any atom is 0.224 e. The Bertz CT molecular complexity index is 649. The molecular weight excluding hydrogens is 284 g/mol. The molecule has 2 aromatic rings. The Morgan fingerprint density at radius 2 is 2.36 bits per heavy atom. The summed E-state index contributed by atoms with van der Waals surface area (Å²) >= 11 is 0. The summed E-state index contributed by atoms with van der Waals surface area (Å²) in [4.78, 5) is 18.4. The molecule has 0 bridgehead atoms. The molecule has 0 aliphatic carbocycles. The van der Waals surface area contributed by atoms with Gasteiger partial charge in [-0.3, -0.25) is 14.6 Å². The first-order valence-electron chi connectivity index (χ1n) is 7.39. The van der Waals surface area contributed by atoms with E-state index in [1.165, 1.54) is 0 Å². The van der Waals surface area contributed by atoms with Crippen molar-refractivity contribution in [2.45, 2.75) is 32.9 Å². The maximum absolute atomic E-state index is 12.3. The van der Waals surface area contributed by atoms with Gasteiger partial charge >= 0.3 is 0 Å².